The Balaban J connectivity index is 1.74. The van der Waals surface area contributed by atoms with Crippen molar-refractivity contribution in [3.05, 3.63) is 65.9 Å². The van der Waals surface area contributed by atoms with Gasteiger partial charge in [0.15, 0.2) is 11.4 Å². The first-order chi connectivity index (χ1) is 10.1. The number of benzene rings is 1. The zero-order valence-electron chi connectivity index (χ0n) is 11.0. The van der Waals surface area contributed by atoms with Crippen LogP contribution in [0.1, 0.15) is 16.1 Å². The number of nitrogens with one attached hydrogen (secondary N) is 1. The predicted octanol–water partition coefficient (Wildman–Crippen LogP) is 2.11. The van der Waals surface area contributed by atoms with Crippen LogP contribution < -0.4 is 5.32 Å². The van der Waals surface area contributed by atoms with Crippen molar-refractivity contribution >= 4 is 11.6 Å². The van der Waals surface area contributed by atoms with Gasteiger partial charge in [-0.2, -0.15) is 0 Å². The van der Waals surface area contributed by atoms with Gasteiger partial charge in [-0.05, 0) is 30.3 Å². The van der Waals surface area contributed by atoms with E-state index >= 15 is 0 Å². The van der Waals surface area contributed by atoms with E-state index in [2.05, 4.69) is 10.3 Å². The number of carbonyl (C=O) groups is 1. The number of imidazole rings is 1. The molecule has 1 aromatic carbocycles. The van der Waals surface area contributed by atoms with Crippen molar-refractivity contribution in [1.29, 1.82) is 0 Å². The summed E-state index contributed by atoms with van der Waals surface area (Å²) < 4.78 is 14.7. The molecule has 0 saturated heterocycles. The van der Waals surface area contributed by atoms with Crippen LogP contribution in [0.2, 0.25) is 0 Å². The summed E-state index contributed by atoms with van der Waals surface area (Å²) in [5.41, 5.74) is 1.27. The first-order valence-corrected chi connectivity index (χ1v) is 6.33. The number of rotatable bonds is 3. The first-order valence-electron chi connectivity index (χ1n) is 6.33. The first kappa shape index (κ1) is 13.1. The molecule has 0 fully saturated rings. The summed E-state index contributed by atoms with van der Waals surface area (Å²) in [6.45, 7) is 0.191. The van der Waals surface area contributed by atoms with Crippen LogP contribution in [0, 0.1) is 5.82 Å². The van der Waals surface area contributed by atoms with Crippen molar-refractivity contribution in [2.75, 3.05) is 0 Å². The highest BCUT2D eigenvalue weighted by molar-refractivity contribution is 5.94. The van der Waals surface area contributed by atoms with E-state index in [0.29, 0.717) is 11.3 Å². The number of hydrogen-bond donors (Lipinski definition) is 2. The Morgan fingerprint density at radius 1 is 1.33 bits per heavy atom. The van der Waals surface area contributed by atoms with Gasteiger partial charge in [0.05, 0.1) is 12.2 Å². The molecule has 0 radical (unpaired) electrons. The fraction of sp³-hybridized carbons (Fsp3) is 0.0667. The smallest absolute Gasteiger partial charge is 0.251 e. The highest BCUT2D eigenvalue weighted by Gasteiger charge is 2.09. The third-order valence-electron chi connectivity index (χ3n) is 3.03. The lowest BCUT2D eigenvalue weighted by Crippen LogP contribution is -2.23. The molecule has 0 spiro atoms. The van der Waals surface area contributed by atoms with Crippen LogP contribution in [0.15, 0.2) is 48.8 Å². The van der Waals surface area contributed by atoms with E-state index < -0.39 is 5.82 Å². The molecule has 0 unspecified atom stereocenters. The highest BCUT2D eigenvalue weighted by atomic mass is 19.1. The van der Waals surface area contributed by atoms with Crippen molar-refractivity contribution in [3.8, 4) is 5.75 Å². The van der Waals surface area contributed by atoms with E-state index in [1.165, 1.54) is 30.3 Å². The number of fused-ring (bicyclic) bond motifs is 1. The molecule has 3 aromatic rings. The SMILES string of the molecule is O=C(NCc1cn2cccc(O)c2n1)c1cccc(F)c1. The molecule has 0 bridgehead atoms. The number of aromatic hydroxyl groups is 1. The lowest BCUT2D eigenvalue weighted by molar-refractivity contribution is 0.0950. The number of nitrogens with zero attached hydrogens (tertiary/aromatic N) is 2. The maximum absolute atomic E-state index is 13.1. The molecule has 106 valence electrons. The van der Waals surface area contributed by atoms with E-state index in [0.717, 1.165) is 0 Å². The van der Waals surface area contributed by atoms with E-state index in [-0.39, 0.29) is 23.8 Å². The van der Waals surface area contributed by atoms with Gasteiger partial charge in [0, 0.05) is 18.0 Å². The van der Waals surface area contributed by atoms with Crippen LogP contribution in [0.3, 0.4) is 0 Å². The zero-order valence-corrected chi connectivity index (χ0v) is 11.0. The monoisotopic (exact) mass is 285 g/mol. The average molecular weight is 285 g/mol. The van der Waals surface area contributed by atoms with Gasteiger partial charge in [0.1, 0.15) is 5.82 Å². The van der Waals surface area contributed by atoms with Crippen molar-refractivity contribution in [1.82, 2.24) is 14.7 Å². The summed E-state index contributed by atoms with van der Waals surface area (Å²) in [4.78, 5) is 16.1. The second-order valence-electron chi connectivity index (χ2n) is 4.55. The molecular weight excluding hydrogens is 273 g/mol. The normalized spacial score (nSPS) is 10.7. The molecule has 0 saturated carbocycles. The van der Waals surface area contributed by atoms with E-state index in [1.54, 1.807) is 22.9 Å². The lowest BCUT2D eigenvalue weighted by atomic mass is 10.2. The minimum atomic E-state index is -0.458. The summed E-state index contributed by atoms with van der Waals surface area (Å²) in [5, 5.41) is 12.3. The van der Waals surface area contributed by atoms with Gasteiger partial charge in [-0.15, -0.1) is 0 Å². The van der Waals surface area contributed by atoms with Crippen molar-refractivity contribution in [2.24, 2.45) is 0 Å². The fourth-order valence-electron chi connectivity index (χ4n) is 2.04. The number of amides is 1. The maximum Gasteiger partial charge on any atom is 0.251 e. The number of pyridine rings is 1. The molecule has 2 aromatic heterocycles. The number of aromatic nitrogens is 2. The standard InChI is InChI=1S/C15H12FN3O2/c16-11-4-1-3-10(7-11)15(21)17-8-12-9-19-6-2-5-13(20)14(19)18-12/h1-7,9,20H,8H2,(H,17,21). The summed E-state index contributed by atoms with van der Waals surface area (Å²) in [6, 6.07) is 8.70. The summed E-state index contributed by atoms with van der Waals surface area (Å²) in [5.74, 6) is -0.767. The molecular formula is C15H12FN3O2. The minimum absolute atomic E-state index is 0.0696. The third-order valence-corrected chi connectivity index (χ3v) is 3.03. The molecule has 6 heteroatoms. The average Bonchev–Trinajstić information content (AvgIpc) is 2.89. The van der Waals surface area contributed by atoms with Crippen LogP contribution in [0.4, 0.5) is 4.39 Å². The van der Waals surface area contributed by atoms with Crippen molar-refractivity contribution < 1.29 is 14.3 Å². The van der Waals surface area contributed by atoms with Crippen LogP contribution in [-0.4, -0.2) is 20.4 Å². The molecule has 0 aliphatic carbocycles. The Morgan fingerprint density at radius 2 is 2.19 bits per heavy atom. The summed E-state index contributed by atoms with van der Waals surface area (Å²) in [6.07, 6.45) is 3.46. The minimum Gasteiger partial charge on any atom is -0.504 e. The Labute approximate surface area is 119 Å². The van der Waals surface area contributed by atoms with Crippen LogP contribution in [0.5, 0.6) is 5.75 Å². The van der Waals surface area contributed by atoms with E-state index in [1.807, 2.05) is 0 Å². The van der Waals surface area contributed by atoms with Gasteiger partial charge in [0.2, 0.25) is 0 Å². The summed E-state index contributed by atoms with van der Waals surface area (Å²) >= 11 is 0. The molecule has 2 heterocycles. The molecule has 0 aliphatic rings. The molecule has 3 rings (SSSR count). The molecule has 5 nitrogen and oxygen atoms in total. The van der Waals surface area contributed by atoms with Gasteiger partial charge in [-0.25, -0.2) is 9.37 Å². The number of hydrogen-bond acceptors (Lipinski definition) is 3. The van der Waals surface area contributed by atoms with Gasteiger partial charge in [0.25, 0.3) is 5.91 Å². The van der Waals surface area contributed by atoms with Gasteiger partial charge in [-0.3, -0.25) is 4.79 Å². The largest absolute Gasteiger partial charge is 0.504 e. The molecule has 0 aliphatic heterocycles. The van der Waals surface area contributed by atoms with E-state index in [9.17, 15) is 14.3 Å². The Morgan fingerprint density at radius 3 is 2.95 bits per heavy atom. The molecule has 1 amide bonds. The van der Waals surface area contributed by atoms with Crippen LogP contribution >= 0.6 is 0 Å². The van der Waals surface area contributed by atoms with Gasteiger partial charge < -0.3 is 14.8 Å². The van der Waals surface area contributed by atoms with Gasteiger partial charge in [-0.1, -0.05) is 6.07 Å². The van der Waals surface area contributed by atoms with Crippen LogP contribution in [0.25, 0.3) is 5.65 Å². The van der Waals surface area contributed by atoms with Crippen molar-refractivity contribution in [3.63, 3.8) is 0 Å². The Hall–Kier alpha value is -2.89. The second kappa shape index (κ2) is 5.24. The quantitative estimate of drug-likeness (QED) is 0.774. The molecule has 0 atom stereocenters. The van der Waals surface area contributed by atoms with Gasteiger partial charge >= 0.3 is 0 Å². The maximum atomic E-state index is 13.1. The second-order valence-corrected chi connectivity index (χ2v) is 4.55. The zero-order chi connectivity index (χ0) is 14.8. The third kappa shape index (κ3) is 2.69. The topological polar surface area (TPSA) is 66.6 Å². The summed E-state index contributed by atoms with van der Waals surface area (Å²) in [7, 11) is 0. The number of carbonyl (C=O) groups excluding carboxylic acids is 1. The lowest BCUT2D eigenvalue weighted by Gasteiger charge is -2.03. The van der Waals surface area contributed by atoms with E-state index in [4.69, 9.17) is 0 Å². The fourth-order valence-corrected chi connectivity index (χ4v) is 2.04. The Bertz CT molecular complexity index is 814. The van der Waals surface area contributed by atoms with Crippen LogP contribution in [-0.2, 0) is 6.54 Å². The molecule has 2 N–H and O–H groups in total. The van der Waals surface area contributed by atoms with Crippen molar-refractivity contribution in [2.45, 2.75) is 6.54 Å². The predicted molar refractivity (Wildman–Crippen MR) is 74.4 cm³/mol. The highest BCUT2D eigenvalue weighted by Crippen LogP contribution is 2.16. The Kier molecular flexibility index (Phi) is 3.27. The molecule has 21 heavy (non-hydrogen) atoms. The number of halogens is 1.